The number of anilines is 1. The minimum absolute atomic E-state index is 0.0657. The van der Waals surface area contributed by atoms with E-state index in [2.05, 4.69) is 4.98 Å². The molecule has 1 saturated heterocycles. The fraction of sp³-hybridized carbons (Fsp3) is 0.300. The largest absolute Gasteiger partial charge is 0.507 e. The highest BCUT2D eigenvalue weighted by Gasteiger charge is 2.30. The summed E-state index contributed by atoms with van der Waals surface area (Å²) in [6, 6.07) is 12.8. The van der Waals surface area contributed by atoms with Crippen LogP contribution < -0.4 is 10.6 Å². The van der Waals surface area contributed by atoms with Crippen molar-refractivity contribution in [3.63, 3.8) is 0 Å². The lowest BCUT2D eigenvalue weighted by Crippen LogP contribution is -2.54. The molecule has 0 spiro atoms. The van der Waals surface area contributed by atoms with Gasteiger partial charge in [0.2, 0.25) is 0 Å². The minimum atomic E-state index is -1.00. The van der Waals surface area contributed by atoms with Gasteiger partial charge in [-0.2, -0.15) is 4.98 Å². The highest BCUT2D eigenvalue weighted by Crippen LogP contribution is 2.41. The Morgan fingerprint density at radius 1 is 1.15 bits per heavy atom. The smallest absolute Gasteiger partial charge is 0.407 e. The number of rotatable bonds is 4. The molecule has 40 heavy (non-hydrogen) atoms. The summed E-state index contributed by atoms with van der Waals surface area (Å²) in [5.41, 5.74) is 2.56. The Bertz CT molecular complexity index is 1680. The molecule has 5 rings (SSSR count). The third-order valence-electron chi connectivity index (χ3n) is 7.51. The van der Waals surface area contributed by atoms with Crippen molar-refractivity contribution in [3.8, 4) is 22.6 Å². The van der Waals surface area contributed by atoms with Gasteiger partial charge in [0.1, 0.15) is 17.4 Å². The molecule has 1 aliphatic rings. The van der Waals surface area contributed by atoms with Crippen LogP contribution in [-0.2, 0) is 0 Å². The molecule has 3 aromatic carbocycles. The number of hydrogen-bond donors (Lipinski definition) is 2. The van der Waals surface area contributed by atoms with Crippen LogP contribution in [-0.4, -0.2) is 56.4 Å². The van der Waals surface area contributed by atoms with E-state index < -0.39 is 17.6 Å². The maximum absolute atomic E-state index is 15.0. The van der Waals surface area contributed by atoms with Crippen molar-refractivity contribution in [2.24, 2.45) is 0 Å². The summed E-state index contributed by atoms with van der Waals surface area (Å²) in [5.74, 6) is -0.467. The van der Waals surface area contributed by atoms with Crippen LogP contribution in [0.25, 0.3) is 27.7 Å². The van der Waals surface area contributed by atoms with E-state index in [1.54, 1.807) is 12.1 Å². The normalized spacial score (nSPS) is 15.7. The number of carbonyl (C=O) groups is 1. The molecule has 2 N–H and O–H groups in total. The number of benzene rings is 3. The predicted octanol–water partition coefficient (Wildman–Crippen LogP) is 6.17. The number of halogens is 2. The van der Waals surface area contributed by atoms with E-state index in [9.17, 15) is 19.8 Å². The van der Waals surface area contributed by atoms with Gasteiger partial charge in [-0.1, -0.05) is 49.7 Å². The van der Waals surface area contributed by atoms with Crippen molar-refractivity contribution in [1.29, 1.82) is 0 Å². The van der Waals surface area contributed by atoms with Crippen molar-refractivity contribution in [2.45, 2.75) is 39.7 Å². The molecule has 0 radical (unpaired) electrons. The van der Waals surface area contributed by atoms with Gasteiger partial charge in [0.25, 0.3) is 0 Å². The number of aromatic hydroxyl groups is 1. The SMILES string of the molecule is Cc1cccc(C(C)C)c1-n1c(=O)nc(N2CCN(C(=O)O)C[C@@H]2C)c2cc(Cl)c(-c3c(O)cccc3F)cc21. The van der Waals surface area contributed by atoms with Crippen LogP contribution in [0.2, 0.25) is 5.02 Å². The Hall–Kier alpha value is -4.11. The van der Waals surface area contributed by atoms with Gasteiger partial charge >= 0.3 is 11.8 Å². The molecule has 2 heterocycles. The number of nitrogens with zero attached hydrogens (tertiary/aromatic N) is 4. The third-order valence-corrected chi connectivity index (χ3v) is 7.82. The van der Waals surface area contributed by atoms with Crippen LogP contribution >= 0.6 is 11.6 Å². The standard InChI is InChI=1S/C30H30ClFN4O4/c1-16(2)19-8-5-7-17(3)27(19)36-24-14-20(26-23(32)9-6-10-25(26)37)22(31)13-21(24)28(33-29(36)38)35-12-11-34(30(39)40)15-18(35)4/h5-10,13-14,16,18,37H,11-12,15H2,1-4H3,(H,39,40)/t18-/m0/s1. The third kappa shape index (κ3) is 4.64. The molecule has 8 nitrogen and oxygen atoms in total. The molecule has 1 atom stereocenters. The molecular weight excluding hydrogens is 535 g/mol. The van der Waals surface area contributed by atoms with Gasteiger partial charge < -0.3 is 20.0 Å². The van der Waals surface area contributed by atoms with Gasteiger partial charge in [0, 0.05) is 41.6 Å². The second-order valence-corrected chi connectivity index (χ2v) is 10.9. The number of amides is 1. The number of aryl methyl sites for hydroxylation is 1. The van der Waals surface area contributed by atoms with E-state index in [4.69, 9.17) is 11.6 Å². The van der Waals surface area contributed by atoms with Crippen LogP contribution in [0.3, 0.4) is 0 Å². The highest BCUT2D eigenvalue weighted by atomic mass is 35.5. The summed E-state index contributed by atoms with van der Waals surface area (Å²) >= 11 is 6.75. The van der Waals surface area contributed by atoms with Crippen LogP contribution in [0.5, 0.6) is 5.75 Å². The molecular formula is C30H30ClFN4O4. The van der Waals surface area contributed by atoms with Crippen molar-refractivity contribution >= 4 is 34.4 Å². The zero-order valence-corrected chi connectivity index (χ0v) is 23.4. The second-order valence-electron chi connectivity index (χ2n) is 10.5. The molecule has 0 saturated carbocycles. The molecule has 4 aromatic rings. The van der Waals surface area contributed by atoms with Crippen LogP contribution in [0.4, 0.5) is 15.0 Å². The summed E-state index contributed by atoms with van der Waals surface area (Å²) in [7, 11) is 0. The van der Waals surface area contributed by atoms with Gasteiger partial charge in [0.05, 0.1) is 16.8 Å². The minimum Gasteiger partial charge on any atom is -0.507 e. The Kier molecular flexibility index (Phi) is 7.18. The summed E-state index contributed by atoms with van der Waals surface area (Å²) in [4.78, 5) is 33.3. The van der Waals surface area contributed by atoms with E-state index in [0.717, 1.165) is 11.1 Å². The maximum Gasteiger partial charge on any atom is 0.407 e. The van der Waals surface area contributed by atoms with Crippen LogP contribution in [0, 0.1) is 12.7 Å². The average Bonchev–Trinajstić information content (AvgIpc) is 2.89. The van der Waals surface area contributed by atoms with Crippen LogP contribution in [0.15, 0.2) is 53.3 Å². The summed E-state index contributed by atoms with van der Waals surface area (Å²) in [6.07, 6.45) is -1.00. The summed E-state index contributed by atoms with van der Waals surface area (Å²) in [5, 5.41) is 20.8. The number of para-hydroxylation sites is 1. The number of hydrogen-bond acceptors (Lipinski definition) is 5. The molecule has 0 unspecified atom stereocenters. The van der Waals surface area contributed by atoms with Crippen molar-refractivity contribution in [1.82, 2.24) is 14.5 Å². The lowest BCUT2D eigenvalue weighted by atomic mass is 9.97. The van der Waals surface area contributed by atoms with Crippen LogP contribution in [0.1, 0.15) is 37.8 Å². The molecule has 0 bridgehead atoms. The van der Waals surface area contributed by atoms with Crippen molar-refractivity contribution < 1.29 is 19.4 Å². The molecule has 1 aliphatic heterocycles. The number of piperazine rings is 1. The van der Waals surface area contributed by atoms with Crippen molar-refractivity contribution in [3.05, 3.63) is 81.0 Å². The highest BCUT2D eigenvalue weighted by molar-refractivity contribution is 6.34. The lowest BCUT2D eigenvalue weighted by Gasteiger charge is -2.39. The molecule has 0 aliphatic carbocycles. The number of carboxylic acid groups (broad SMARTS) is 1. The van der Waals surface area contributed by atoms with E-state index in [1.165, 1.54) is 27.7 Å². The van der Waals surface area contributed by atoms with E-state index in [1.807, 2.05) is 50.8 Å². The number of fused-ring (bicyclic) bond motifs is 1. The molecule has 10 heteroatoms. The Balaban J connectivity index is 1.86. The maximum atomic E-state index is 15.0. The molecule has 208 valence electrons. The number of phenolic OH excluding ortho intramolecular Hbond substituents is 1. The first kappa shape index (κ1) is 27.5. The average molecular weight is 565 g/mol. The quantitative estimate of drug-likeness (QED) is 0.307. The van der Waals surface area contributed by atoms with Crippen molar-refractivity contribution in [2.75, 3.05) is 24.5 Å². The van der Waals surface area contributed by atoms with Gasteiger partial charge in [-0.3, -0.25) is 4.57 Å². The molecule has 1 fully saturated rings. The predicted molar refractivity (Wildman–Crippen MR) is 155 cm³/mol. The second kappa shape index (κ2) is 10.5. The summed E-state index contributed by atoms with van der Waals surface area (Å²) < 4.78 is 16.5. The summed E-state index contributed by atoms with van der Waals surface area (Å²) in [6.45, 7) is 8.68. The first-order chi connectivity index (χ1) is 19.0. The van der Waals surface area contributed by atoms with Gasteiger partial charge in [-0.25, -0.2) is 14.0 Å². The molecule has 1 amide bonds. The lowest BCUT2D eigenvalue weighted by molar-refractivity contribution is 0.136. The Morgan fingerprint density at radius 2 is 1.88 bits per heavy atom. The molecule has 1 aromatic heterocycles. The topological polar surface area (TPSA) is 98.9 Å². The zero-order chi connectivity index (χ0) is 28.9. The van der Waals surface area contributed by atoms with Gasteiger partial charge in [-0.15, -0.1) is 0 Å². The van der Waals surface area contributed by atoms with Gasteiger partial charge in [0.15, 0.2) is 0 Å². The van der Waals surface area contributed by atoms with E-state index in [-0.39, 0.29) is 46.9 Å². The number of aromatic nitrogens is 2. The fourth-order valence-electron chi connectivity index (χ4n) is 5.53. The zero-order valence-electron chi connectivity index (χ0n) is 22.7. The van der Waals surface area contributed by atoms with E-state index in [0.29, 0.717) is 29.0 Å². The monoisotopic (exact) mass is 564 g/mol. The first-order valence-electron chi connectivity index (χ1n) is 13.1. The van der Waals surface area contributed by atoms with E-state index >= 15 is 4.39 Å². The Labute approximate surface area is 235 Å². The first-order valence-corrected chi connectivity index (χ1v) is 13.5. The van der Waals surface area contributed by atoms with Gasteiger partial charge in [-0.05, 0) is 55.2 Å². The fourth-order valence-corrected chi connectivity index (χ4v) is 5.79. The Morgan fingerprint density at radius 3 is 2.52 bits per heavy atom. The number of phenols is 1.